The molecule has 0 aliphatic rings. The summed E-state index contributed by atoms with van der Waals surface area (Å²) in [6, 6.07) is 17.9. The number of carbonyl (C=O) groups excluding carboxylic acids is 1. The molecule has 4 rings (SSSR count). The molecule has 4 aromatic rings. The summed E-state index contributed by atoms with van der Waals surface area (Å²) < 4.78 is 16.1. The molecule has 0 saturated carbocycles. The van der Waals surface area contributed by atoms with Gasteiger partial charge < -0.3 is 5.32 Å². The molecule has 0 unspecified atom stereocenters. The summed E-state index contributed by atoms with van der Waals surface area (Å²) in [7, 11) is 0. The largest absolute Gasteiger partial charge is 0.351 e. The van der Waals surface area contributed by atoms with Crippen molar-refractivity contribution < 1.29 is 9.18 Å². The maximum absolute atomic E-state index is 13.1. The molecule has 0 atom stereocenters. The van der Waals surface area contributed by atoms with Gasteiger partial charge in [-0.1, -0.05) is 18.2 Å². The number of hydrogen-bond acceptors (Lipinski definition) is 4. The van der Waals surface area contributed by atoms with Gasteiger partial charge in [-0.3, -0.25) is 9.59 Å². The maximum atomic E-state index is 13.1. The van der Waals surface area contributed by atoms with Crippen LogP contribution in [0.2, 0.25) is 0 Å². The van der Waals surface area contributed by atoms with E-state index >= 15 is 0 Å². The van der Waals surface area contributed by atoms with Crippen molar-refractivity contribution in [1.29, 1.82) is 0 Å². The van der Waals surface area contributed by atoms with Crippen LogP contribution < -0.4 is 10.9 Å². The number of nitrogens with zero attached hydrogens (tertiary/aromatic N) is 4. The van der Waals surface area contributed by atoms with E-state index in [1.165, 1.54) is 36.4 Å². The molecule has 0 spiro atoms. The number of halogens is 1. The molecule has 0 aliphatic carbocycles. The summed E-state index contributed by atoms with van der Waals surface area (Å²) in [5, 5.41) is 11.5. The minimum Gasteiger partial charge on any atom is -0.351 e. The summed E-state index contributed by atoms with van der Waals surface area (Å²) in [5.74, 6) is -0.794. The Morgan fingerprint density at radius 3 is 2.47 bits per heavy atom. The van der Waals surface area contributed by atoms with Crippen molar-refractivity contribution in [2.24, 2.45) is 0 Å². The average Bonchev–Trinajstić information content (AvgIpc) is 3.18. The molecule has 1 amide bonds. The Bertz CT molecular complexity index is 1280. The highest BCUT2D eigenvalue weighted by atomic mass is 19.1. The second kappa shape index (κ2) is 9.38. The maximum Gasteiger partial charge on any atom is 0.271 e. The Labute approximate surface area is 184 Å². The zero-order chi connectivity index (χ0) is 22.5. The topological polar surface area (TPSA) is 81.8 Å². The van der Waals surface area contributed by atoms with Gasteiger partial charge in [0.1, 0.15) is 11.5 Å². The molecule has 162 valence electrons. The lowest BCUT2D eigenvalue weighted by molar-refractivity contribution is 0.0946. The Hall–Kier alpha value is -4.07. The van der Waals surface area contributed by atoms with E-state index < -0.39 is 11.4 Å². The van der Waals surface area contributed by atoms with Gasteiger partial charge in [-0.25, -0.2) is 9.07 Å². The first-order chi connectivity index (χ1) is 15.5. The van der Waals surface area contributed by atoms with Crippen LogP contribution in [-0.4, -0.2) is 32.0 Å². The number of amides is 1. The van der Waals surface area contributed by atoms with Gasteiger partial charge >= 0.3 is 0 Å². The summed E-state index contributed by atoms with van der Waals surface area (Å²) in [5.41, 5.74) is 3.16. The normalized spacial score (nSPS) is 10.8. The van der Waals surface area contributed by atoms with Crippen LogP contribution in [0.15, 0.2) is 77.7 Å². The first kappa shape index (κ1) is 21.2. The van der Waals surface area contributed by atoms with Gasteiger partial charge in [0.05, 0.1) is 17.1 Å². The van der Waals surface area contributed by atoms with Gasteiger partial charge in [0.15, 0.2) is 0 Å². The van der Waals surface area contributed by atoms with Crippen molar-refractivity contribution >= 4 is 5.91 Å². The Kier molecular flexibility index (Phi) is 6.21. The van der Waals surface area contributed by atoms with Gasteiger partial charge in [-0.15, -0.1) is 0 Å². The van der Waals surface area contributed by atoms with Crippen LogP contribution in [0.3, 0.4) is 0 Å². The van der Waals surface area contributed by atoms with Gasteiger partial charge in [0.2, 0.25) is 0 Å². The van der Waals surface area contributed by atoms with Crippen molar-refractivity contribution in [2.75, 3.05) is 6.54 Å². The number of nitrogens with one attached hydrogen (secondary N) is 1. The molecule has 0 saturated heterocycles. The van der Waals surface area contributed by atoms with E-state index in [9.17, 15) is 14.0 Å². The number of aryl methyl sites for hydroxylation is 2. The molecule has 2 aromatic carbocycles. The first-order valence-corrected chi connectivity index (χ1v) is 10.3. The van der Waals surface area contributed by atoms with E-state index in [1.807, 2.05) is 48.1 Å². The van der Waals surface area contributed by atoms with Crippen LogP contribution in [0, 0.1) is 12.7 Å². The third-order valence-electron chi connectivity index (χ3n) is 5.03. The van der Waals surface area contributed by atoms with Crippen LogP contribution in [0.5, 0.6) is 0 Å². The summed E-state index contributed by atoms with van der Waals surface area (Å²) >= 11 is 0. The molecule has 1 N–H and O–H groups in total. The smallest absolute Gasteiger partial charge is 0.271 e. The fourth-order valence-corrected chi connectivity index (χ4v) is 3.33. The number of carbonyl (C=O) groups is 1. The van der Waals surface area contributed by atoms with Crippen LogP contribution >= 0.6 is 0 Å². The monoisotopic (exact) mass is 431 g/mol. The predicted octanol–water partition coefficient (Wildman–Crippen LogP) is 3.23. The number of benzene rings is 2. The Balaban J connectivity index is 1.36. The van der Waals surface area contributed by atoms with Crippen molar-refractivity contribution in [2.45, 2.75) is 19.8 Å². The highest BCUT2D eigenvalue weighted by Gasteiger charge is 2.11. The molecule has 2 aromatic heterocycles. The Morgan fingerprint density at radius 1 is 0.969 bits per heavy atom. The molecule has 7 nitrogen and oxygen atoms in total. The third kappa shape index (κ3) is 4.80. The quantitative estimate of drug-likeness (QED) is 0.456. The van der Waals surface area contributed by atoms with E-state index in [2.05, 4.69) is 15.5 Å². The number of rotatable bonds is 7. The minimum atomic E-state index is -0.416. The van der Waals surface area contributed by atoms with E-state index in [4.69, 9.17) is 0 Å². The summed E-state index contributed by atoms with van der Waals surface area (Å²) in [4.78, 5) is 24.6. The predicted molar refractivity (Wildman–Crippen MR) is 119 cm³/mol. The zero-order valence-electron chi connectivity index (χ0n) is 17.5. The fourth-order valence-electron chi connectivity index (χ4n) is 3.33. The van der Waals surface area contributed by atoms with E-state index in [0.29, 0.717) is 12.2 Å². The van der Waals surface area contributed by atoms with Crippen molar-refractivity contribution in [1.82, 2.24) is 24.9 Å². The molecule has 8 heteroatoms. The van der Waals surface area contributed by atoms with Gasteiger partial charge in [-0.05, 0) is 67.8 Å². The van der Waals surface area contributed by atoms with Crippen LogP contribution in [0.1, 0.15) is 28.2 Å². The highest BCUT2D eigenvalue weighted by molar-refractivity contribution is 5.92. The minimum absolute atomic E-state index is 0.113. The lowest BCUT2D eigenvalue weighted by Crippen LogP contribution is -2.29. The van der Waals surface area contributed by atoms with Gasteiger partial charge in [0.25, 0.3) is 11.5 Å². The van der Waals surface area contributed by atoms with Gasteiger partial charge in [-0.2, -0.15) is 14.9 Å². The van der Waals surface area contributed by atoms with E-state index in [1.54, 1.807) is 0 Å². The van der Waals surface area contributed by atoms with Crippen molar-refractivity contribution in [3.63, 3.8) is 0 Å². The lowest BCUT2D eigenvalue weighted by atomic mass is 10.1. The van der Waals surface area contributed by atoms with Crippen LogP contribution in [-0.2, 0) is 6.42 Å². The molecular formula is C24H22FN5O2. The van der Waals surface area contributed by atoms with E-state index in [0.717, 1.165) is 34.5 Å². The SMILES string of the molecule is Cc1nn(-c2ccccc2)cc1CCCNC(=O)c1ccc(=O)n(-c2ccc(F)cc2)n1. The van der Waals surface area contributed by atoms with Crippen LogP contribution in [0.25, 0.3) is 11.4 Å². The Morgan fingerprint density at radius 2 is 1.72 bits per heavy atom. The van der Waals surface area contributed by atoms with E-state index in [-0.39, 0.29) is 11.6 Å². The molecule has 0 radical (unpaired) electrons. The van der Waals surface area contributed by atoms with Crippen molar-refractivity contribution in [3.05, 3.63) is 106 Å². The fraction of sp³-hybridized carbons (Fsp3) is 0.167. The van der Waals surface area contributed by atoms with Crippen molar-refractivity contribution in [3.8, 4) is 11.4 Å². The molecule has 0 fully saturated rings. The molecule has 0 bridgehead atoms. The molecule has 2 heterocycles. The second-order valence-corrected chi connectivity index (χ2v) is 7.32. The number of aromatic nitrogens is 4. The van der Waals surface area contributed by atoms with Gasteiger partial charge in [0, 0.05) is 18.8 Å². The summed E-state index contributed by atoms with van der Waals surface area (Å²) in [6.45, 7) is 2.42. The molecular weight excluding hydrogens is 409 g/mol. The zero-order valence-corrected chi connectivity index (χ0v) is 17.5. The molecule has 32 heavy (non-hydrogen) atoms. The first-order valence-electron chi connectivity index (χ1n) is 10.3. The summed E-state index contributed by atoms with van der Waals surface area (Å²) in [6.07, 6.45) is 3.50. The highest BCUT2D eigenvalue weighted by Crippen LogP contribution is 2.13. The average molecular weight is 431 g/mol. The third-order valence-corrected chi connectivity index (χ3v) is 5.03. The van der Waals surface area contributed by atoms with Crippen LogP contribution in [0.4, 0.5) is 4.39 Å². The number of hydrogen-bond donors (Lipinski definition) is 1. The standard InChI is InChI=1S/C24H22FN5O2/c1-17-18(16-29(27-17)20-7-3-2-4-8-20)6-5-15-26-24(32)22-13-14-23(31)30(28-22)21-11-9-19(25)10-12-21/h2-4,7-14,16H,5-6,15H2,1H3,(H,26,32). The second-order valence-electron chi connectivity index (χ2n) is 7.32. The lowest BCUT2D eigenvalue weighted by Gasteiger charge is -2.08. The number of para-hydroxylation sites is 1. The molecule has 0 aliphatic heterocycles.